The van der Waals surface area contributed by atoms with Crippen molar-refractivity contribution in [1.29, 1.82) is 0 Å². The van der Waals surface area contributed by atoms with Crippen LogP contribution in [0.15, 0.2) is 83.6 Å². The first kappa shape index (κ1) is 26.8. The minimum absolute atomic E-state index is 0.0501. The van der Waals surface area contributed by atoms with E-state index < -0.39 is 17.5 Å². The first-order valence-corrected chi connectivity index (χ1v) is 12.6. The molecular weight excluding hydrogens is 586 g/mol. The Bertz CT molecular complexity index is 1730. The number of ether oxygens (including phenoxy) is 3. The number of hydrogen-bond donors (Lipinski definition) is 2. The van der Waals surface area contributed by atoms with E-state index in [1.807, 2.05) is 0 Å². The number of amides is 1. The molecule has 202 valence electrons. The first-order valence-electron chi connectivity index (χ1n) is 11.8. The molecule has 0 unspecified atom stereocenters. The first-order chi connectivity index (χ1) is 19.4. The van der Waals surface area contributed by atoms with Gasteiger partial charge in [-0.3, -0.25) is 9.78 Å². The van der Waals surface area contributed by atoms with Crippen molar-refractivity contribution >= 4 is 49.9 Å². The molecule has 5 rings (SSSR count). The normalized spacial score (nSPS) is 10.7. The van der Waals surface area contributed by atoms with Gasteiger partial charge in [0.2, 0.25) is 0 Å². The summed E-state index contributed by atoms with van der Waals surface area (Å²) in [7, 11) is 3.04. The summed E-state index contributed by atoms with van der Waals surface area (Å²) in [6.07, 6.45) is 3.05. The van der Waals surface area contributed by atoms with Gasteiger partial charge in [0.1, 0.15) is 17.4 Å². The van der Waals surface area contributed by atoms with Gasteiger partial charge >= 0.3 is 0 Å². The maximum atomic E-state index is 15.1. The van der Waals surface area contributed by atoms with Crippen LogP contribution in [-0.2, 0) is 0 Å². The number of pyridine rings is 2. The van der Waals surface area contributed by atoms with Crippen molar-refractivity contribution in [2.75, 3.05) is 24.9 Å². The van der Waals surface area contributed by atoms with Gasteiger partial charge in [-0.2, -0.15) is 0 Å². The van der Waals surface area contributed by atoms with Crippen LogP contribution in [0.2, 0.25) is 0 Å². The highest BCUT2D eigenvalue weighted by Gasteiger charge is 2.16. The molecule has 3 aromatic carbocycles. The molecule has 0 saturated heterocycles. The summed E-state index contributed by atoms with van der Waals surface area (Å²) in [6, 6.07) is 16.6. The Labute approximate surface area is 236 Å². The standard InChI is InChI=1S/C29H21BrF2N4O4/c1-38-26-14-19-23(15-27(26)39-2)33-11-9-24(19)40-25-8-6-17(13-22(25)32)36-29(37)18-4-3-10-34-28(18)35-16-5-7-21(31)20(30)12-16/h3-15H,1-2H3,(H,34,35)(H,36,37). The lowest BCUT2D eigenvalue weighted by Gasteiger charge is -2.14. The number of methoxy groups -OCH3 is 2. The maximum absolute atomic E-state index is 15.1. The van der Waals surface area contributed by atoms with Crippen molar-refractivity contribution < 1.29 is 27.8 Å². The lowest BCUT2D eigenvalue weighted by molar-refractivity contribution is 0.102. The fourth-order valence-electron chi connectivity index (χ4n) is 3.91. The summed E-state index contributed by atoms with van der Waals surface area (Å²) in [5.41, 5.74) is 1.51. The molecule has 0 saturated carbocycles. The number of carbonyl (C=O) groups excluding carboxylic acids is 1. The zero-order valence-corrected chi connectivity index (χ0v) is 22.8. The Morgan fingerprint density at radius 3 is 2.33 bits per heavy atom. The van der Waals surface area contributed by atoms with Gasteiger partial charge in [-0.15, -0.1) is 0 Å². The molecule has 2 N–H and O–H groups in total. The summed E-state index contributed by atoms with van der Waals surface area (Å²) in [4.78, 5) is 21.6. The van der Waals surface area contributed by atoms with Gasteiger partial charge in [-0.1, -0.05) is 0 Å². The topological polar surface area (TPSA) is 94.6 Å². The number of hydrogen-bond acceptors (Lipinski definition) is 7. The van der Waals surface area contributed by atoms with Crippen molar-refractivity contribution in [2.45, 2.75) is 0 Å². The smallest absolute Gasteiger partial charge is 0.259 e. The summed E-state index contributed by atoms with van der Waals surface area (Å²) >= 11 is 3.13. The molecule has 0 fully saturated rings. The van der Waals surface area contributed by atoms with Crippen LogP contribution in [0.4, 0.5) is 26.0 Å². The Morgan fingerprint density at radius 1 is 0.800 bits per heavy atom. The number of carbonyl (C=O) groups is 1. The summed E-state index contributed by atoms with van der Waals surface area (Å²) in [6.45, 7) is 0. The van der Waals surface area contributed by atoms with Gasteiger partial charge in [0, 0.05) is 41.3 Å². The van der Waals surface area contributed by atoms with Crippen LogP contribution in [0.1, 0.15) is 10.4 Å². The molecule has 2 heterocycles. The molecule has 0 aliphatic carbocycles. The van der Waals surface area contributed by atoms with Crippen molar-refractivity contribution in [3.63, 3.8) is 0 Å². The van der Waals surface area contributed by atoms with Crippen molar-refractivity contribution in [3.05, 3.63) is 101 Å². The molecule has 0 aliphatic heterocycles. The molecule has 0 radical (unpaired) electrons. The minimum Gasteiger partial charge on any atom is -0.493 e. The molecule has 0 atom stereocenters. The maximum Gasteiger partial charge on any atom is 0.259 e. The van der Waals surface area contributed by atoms with E-state index in [4.69, 9.17) is 14.2 Å². The third kappa shape index (κ3) is 5.64. The second-order valence-corrected chi connectivity index (χ2v) is 9.24. The predicted molar refractivity (Wildman–Crippen MR) is 151 cm³/mol. The number of nitrogens with one attached hydrogen (secondary N) is 2. The second kappa shape index (κ2) is 11.5. The van der Waals surface area contributed by atoms with Crippen molar-refractivity contribution in [2.24, 2.45) is 0 Å². The SMILES string of the molecule is COc1cc2nccc(Oc3ccc(NC(=O)c4cccnc4Nc4ccc(F)c(Br)c4)cc3F)c2cc1OC. The zero-order valence-electron chi connectivity index (χ0n) is 21.2. The van der Waals surface area contributed by atoms with Gasteiger partial charge in [0.25, 0.3) is 5.91 Å². The Balaban J connectivity index is 1.35. The summed E-state index contributed by atoms with van der Waals surface area (Å²) in [5, 5.41) is 6.27. The molecule has 5 aromatic rings. The lowest BCUT2D eigenvalue weighted by Crippen LogP contribution is -2.14. The number of fused-ring (bicyclic) bond motifs is 1. The van der Waals surface area contributed by atoms with E-state index in [1.54, 1.807) is 36.5 Å². The highest BCUT2D eigenvalue weighted by molar-refractivity contribution is 9.10. The average Bonchev–Trinajstić information content (AvgIpc) is 2.96. The second-order valence-electron chi connectivity index (χ2n) is 8.39. The Morgan fingerprint density at radius 2 is 1.57 bits per heavy atom. The highest BCUT2D eigenvalue weighted by Crippen LogP contribution is 2.37. The van der Waals surface area contributed by atoms with E-state index in [2.05, 4.69) is 36.5 Å². The van der Waals surface area contributed by atoms with Gasteiger partial charge in [0.05, 0.1) is 29.8 Å². The van der Waals surface area contributed by atoms with E-state index in [9.17, 15) is 9.18 Å². The zero-order chi connectivity index (χ0) is 28.2. The molecule has 0 spiro atoms. The summed E-state index contributed by atoms with van der Waals surface area (Å²) < 4.78 is 45.5. The number of aromatic nitrogens is 2. The molecule has 1 amide bonds. The van der Waals surface area contributed by atoms with Gasteiger partial charge in [-0.25, -0.2) is 13.8 Å². The van der Waals surface area contributed by atoms with E-state index in [1.165, 1.54) is 50.7 Å². The van der Waals surface area contributed by atoms with Crippen LogP contribution in [0, 0.1) is 11.6 Å². The molecular formula is C29H21BrF2N4O4. The average molecular weight is 607 g/mol. The van der Waals surface area contributed by atoms with Crippen LogP contribution >= 0.6 is 15.9 Å². The largest absolute Gasteiger partial charge is 0.493 e. The monoisotopic (exact) mass is 606 g/mol. The van der Waals surface area contributed by atoms with Gasteiger partial charge in [0.15, 0.2) is 23.1 Å². The van der Waals surface area contributed by atoms with Crippen molar-refractivity contribution in [1.82, 2.24) is 9.97 Å². The number of anilines is 3. The molecule has 40 heavy (non-hydrogen) atoms. The molecule has 0 aliphatic rings. The van der Waals surface area contributed by atoms with Gasteiger partial charge in [-0.05, 0) is 70.5 Å². The molecule has 8 nitrogen and oxygen atoms in total. The molecule has 11 heteroatoms. The van der Waals surface area contributed by atoms with Crippen molar-refractivity contribution in [3.8, 4) is 23.0 Å². The number of halogens is 3. The number of benzene rings is 3. The van der Waals surface area contributed by atoms with Crippen LogP contribution in [0.3, 0.4) is 0 Å². The van der Waals surface area contributed by atoms with Crippen LogP contribution in [0.25, 0.3) is 10.9 Å². The minimum atomic E-state index is -0.691. The quantitative estimate of drug-likeness (QED) is 0.189. The van der Waals surface area contributed by atoms with Crippen LogP contribution < -0.4 is 24.8 Å². The van der Waals surface area contributed by atoms with E-state index >= 15 is 4.39 Å². The fourth-order valence-corrected chi connectivity index (χ4v) is 4.29. The number of nitrogens with zero attached hydrogens (tertiary/aromatic N) is 2. The Kier molecular flexibility index (Phi) is 7.74. The fraction of sp³-hybridized carbons (Fsp3) is 0.0690. The van der Waals surface area contributed by atoms with E-state index in [0.717, 1.165) is 6.07 Å². The third-order valence-electron chi connectivity index (χ3n) is 5.85. The Hall–Kier alpha value is -4.77. The summed E-state index contributed by atoms with van der Waals surface area (Å²) in [5.74, 6) is -0.0984. The highest BCUT2D eigenvalue weighted by atomic mass is 79.9. The van der Waals surface area contributed by atoms with E-state index in [0.29, 0.717) is 33.8 Å². The number of rotatable bonds is 8. The molecule has 0 bridgehead atoms. The van der Waals surface area contributed by atoms with Crippen LogP contribution in [-0.4, -0.2) is 30.1 Å². The van der Waals surface area contributed by atoms with Gasteiger partial charge < -0.3 is 24.8 Å². The molecule has 2 aromatic heterocycles. The predicted octanol–water partition coefficient (Wildman–Crippen LogP) is 7.48. The van der Waals surface area contributed by atoms with E-state index in [-0.39, 0.29) is 27.3 Å². The third-order valence-corrected chi connectivity index (χ3v) is 6.46. The lowest BCUT2D eigenvalue weighted by atomic mass is 10.1. The van der Waals surface area contributed by atoms with Crippen LogP contribution in [0.5, 0.6) is 23.0 Å².